The van der Waals surface area contributed by atoms with E-state index in [0.29, 0.717) is 24.8 Å². The van der Waals surface area contributed by atoms with Crippen molar-refractivity contribution in [1.82, 2.24) is 19.9 Å². The molecule has 3 rings (SSSR count). The van der Waals surface area contributed by atoms with E-state index in [4.69, 9.17) is 10.3 Å². The molecule has 1 saturated heterocycles. The molecule has 1 aromatic heterocycles. The normalized spacial score (nSPS) is 17.0. The molecule has 2 unspecified atom stereocenters. The number of rotatable bonds is 7. The molecular weight excluding hydrogens is 398 g/mol. The van der Waals surface area contributed by atoms with Crippen LogP contribution in [-0.4, -0.2) is 70.1 Å². The SMILES string of the molecule is CSCCC(N)C(=O)N1CCN(C(C)c2nc(-c3ccccc3)no2)CC1.Cl. The van der Waals surface area contributed by atoms with E-state index < -0.39 is 6.04 Å². The molecule has 2 aromatic rings. The monoisotopic (exact) mass is 425 g/mol. The van der Waals surface area contributed by atoms with Crippen LogP contribution in [-0.2, 0) is 4.79 Å². The smallest absolute Gasteiger partial charge is 0.244 e. The Morgan fingerprint density at radius 2 is 1.93 bits per heavy atom. The molecule has 9 heteroatoms. The van der Waals surface area contributed by atoms with Crippen LogP contribution < -0.4 is 5.73 Å². The van der Waals surface area contributed by atoms with Gasteiger partial charge in [0.25, 0.3) is 0 Å². The van der Waals surface area contributed by atoms with Crippen molar-refractivity contribution in [2.45, 2.75) is 25.4 Å². The number of thioether (sulfide) groups is 1. The highest BCUT2D eigenvalue weighted by Gasteiger charge is 2.29. The lowest BCUT2D eigenvalue weighted by Crippen LogP contribution is -2.53. The fourth-order valence-electron chi connectivity index (χ4n) is 3.20. The highest BCUT2D eigenvalue weighted by Crippen LogP contribution is 2.23. The number of carbonyl (C=O) groups is 1. The van der Waals surface area contributed by atoms with Crippen LogP contribution in [0.15, 0.2) is 34.9 Å². The van der Waals surface area contributed by atoms with Crippen molar-refractivity contribution in [2.24, 2.45) is 5.73 Å². The van der Waals surface area contributed by atoms with Gasteiger partial charge in [0.15, 0.2) is 0 Å². The summed E-state index contributed by atoms with van der Waals surface area (Å²) in [6.07, 6.45) is 2.75. The molecule has 2 atom stereocenters. The number of carbonyl (C=O) groups excluding carboxylic acids is 1. The Bertz CT molecular complexity index is 737. The van der Waals surface area contributed by atoms with Gasteiger partial charge < -0.3 is 15.2 Å². The van der Waals surface area contributed by atoms with Gasteiger partial charge in [0, 0.05) is 31.7 Å². The third kappa shape index (κ3) is 5.47. The van der Waals surface area contributed by atoms with E-state index in [1.807, 2.05) is 41.5 Å². The van der Waals surface area contributed by atoms with E-state index in [9.17, 15) is 4.79 Å². The number of nitrogens with two attached hydrogens (primary N) is 1. The molecule has 1 aromatic carbocycles. The van der Waals surface area contributed by atoms with E-state index in [2.05, 4.69) is 22.0 Å². The quantitative estimate of drug-likeness (QED) is 0.728. The van der Waals surface area contributed by atoms with Crippen molar-refractivity contribution in [3.05, 3.63) is 36.2 Å². The maximum Gasteiger partial charge on any atom is 0.244 e. The second-order valence-electron chi connectivity index (χ2n) is 6.75. The summed E-state index contributed by atoms with van der Waals surface area (Å²) >= 11 is 1.71. The molecule has 0 saturated carbocycles. The van der Waals surface area contributed by atoms with Gasteiger partial charge >= 0.3 is 0 Å². The zero-order chi connectivity index (χ0) is 19.2. The second kappa shape index (κ2) is 10.8. The number of nitrogens with zero attached hydrogens (tertiary/aromatic N) is 4. The van der Waals surface area contributed by atoms with Crippen molar-refractivity contribution < 1.29 is 9.32 Å². The van der Waals surface area contributed by atoms with Crippen LogP contribution in [0.5, 0.6) is 0 Å². The Morgan fingerprint density at radius 3 is 2.57 bits per heavy atom. The first kappa shape index (κ1) is 22.7. The van der Waals surface area contributed by atoms with Gasteiger partial charge in [0.2, 0.25) is 17.6 Å². The van der Waals surface area contributed by atoms with Gasteiger partial charge in [-0.05, 0) is 25.4 Å². The summed E-state index contributed by atoms with van der Waals surface area (Å²) in [5.74, 6) is 2.17. The molecule has 1 aliphatic heterocycles. The summed E-state index contributed by atoms with van der Waals surface area (Å²) in [5.41, 5.74) is 6.97. The van der Waals surface area contributed by atoms with Gasteiger partial charge in [-0.2, -0.15) is 16.7 Å². The summed E-state index contributed by atoms with van der Waals surface area (Å²) in [6, 6.07) is 9.40. The molecule has 1 amide bonds. The van der Waals surface area contributed by atoms with Gasteiger partial charge in [-0.3, -0.25) is 9.69 Å². The largest absolute Gasteiger partial charge is 0.339 e. The molecule has 1 aliphatic rings. The summed E-state index contributed by atoms with van der Waals surface area (Å²) in [7, 11) is 0. The number of hydrogen-bond acceptors (Lipinski definition) is 7. The van der Waals surface area contributed by atoms with Crippen molar-refractivity contribution in [2.75, 3.05) is 38.2 Å². The average Bonchev–Trinajstić information content (AvgIpc) is 3.22. The molecule has 2 heterocycles. The lowest BCUT2D eigenvalue weighted by molar-refractivity contribution is -0.134. The Morgan fingerprint density at radius 1 is 1.25 bits per heavy atom. The average molecular weight is 426 g/mol. The molecule has 28 heavy (non-hydrogen) atoms. The Labute approximate surface area is 176 Å². The highest BCUT2D eigenvalue weighted by molar-refractivity contribution is 7.98. The van der Waals surface area contributed by atoms with E-state index in [-0.39, 0.29) is 24.4 Å². The second-order valence-corrected chi connectivity index (χ2v) is 7.73. The number of piperazine rings is 1. The highest BCUT2D eigenvalue weighted by atomic mass is 35.5. The molecule has 0 aliphatic carbocycles. The van der Waals surface area contributed by atoms with Crippen molar-refractivity contribution in [1.29, 1.82) is 0 Å². The first-order valence-electron chi connectivity index (χ1n) is 9.26. The number of aromatic nitrogens is 2. The third-order valence-corrected chi connectivity index (χ3v) is 5.60. The maximum atomic E-state index is 12.4. The molecule has 0 radical (unpaired) electrons. The van der Waals surface area contributed by atoms with Gasteiger partial charge in [0.05, 0.1) is 12.1 Å². The Kier molecular flexibility index (Phi) is 8.75. The van der Waals surface area contributed by atoms with Gasteiger partial charge in [-0.1, -0.05) is 35.5 Å². The van der Waals surface area contributed by atoms with E-state index >= 15 is 0 Å². The van der Waals surface area contributed by atoms with Crippen molar-refractivity contribution >= 4 is 30.1 Å². The first-order valence-corrected chi connectivity index (χ1v) is 10.7. The van der Waals surface area contributed by atoms with Gasteiger partial charge in [-0.15, -0.1) is 12.4 Å². The molecule has 2 N–H and O–H groups in total. The van der Waals surface area contributed by atoms with Crippen molar-refractivity contribution in [3.8, 4) is 11.4 Å². The summed E-state index contributed by atoms with van der Waals surface area (Å²) in [6.45, 7) is 4.95. The van der Waals surface area contributed by atoms with Crippen LogP contribution in [0.4, 0.5) is 0 Å². The summed E-state index contributed by atoms with van der Waals surface area (Å²) < 4.78 is 5.49. The minimum atomic E-state index is -0.397. The van der Waals surface area contributed by atoms with Gasteiger partial charge in [-0.25, -0.2) is 0 Å². The van der Waals surface area contributed by atoms with Crippen LogP contribution in [0.2, 0.25) is 0 Å². The molecule has 0 bridgehead atoms. The Hall–Kier alpha value is -1.61. The predicted molar refractivity (Wildman–Crippen MR) is 115 cm³/mol. The maximum absolute atomic E-state index is 12.4. The van der Waals surface area contributed by atoms with Crippen molar-refractivity contribution in [3.63, 3.8) is 0 Å². The predicted octanol–water partition coefficient (Wildman–Crippen LogP) is 2.44. The first-order chi connectivity index (χ1) is 13.1. The molecule has 7 nitrogen and oxygen atoms in total. The molecule has 154 valence electrons. The molecular formula is C19H28ClN5O2S. The topological polar surface area (TPSA) is 88.5 Å². The molecule has 1 fully saturated rings. The summed E-state index contributed by atoms with van der Waals surface area (Å²) in [4.78, 5) is 21.1. The fraction of sp³-hybridized carbons (Fsp3) is 0.526. The van der Waals surface area contributed by atoms with Crippen LogP contribution >= 0.6 is 24.2 Å². The number of halogens is 1. The minimum Gasteiger partial charge on any atom is -0.339 e. The third-order valence-electron chi connectivity index (χ3n) is 4.95. The number of benzene rings is 1. The number of amides is 1. The van der Waals surface area contributed by atoms with E-state index in [1.54, 1.807) is 11.8 Å². The van der Waals surface area contributed by atoms with E-state index in [0.717, 1.165) is 30.8 Å². The zero-order valence-corrected chi connectivity index (χ0v) is 17.9. The minimum absolute atomic E-state index is 0. The lowest BCUT2D eigenvalue weighted by atomic mass is 10.1. The fourth-order valence-corrected chi connectivity index (χ4v) is 3.69. The van der Waals surface area contributed by atoms with Gasteiger partial charge in [0.1, 0.15) is 0 Å². The van der Waals surface area contributed by atoms with Crippen LogP contribution in [0, 0.1) is 0 Å². The standard InChI is InChI=1S/C19H27N5O2S.ClH/c1-14(18-21-17(22-26-18)15-6-4-3-5-7-15)23-9-11-24(12-10-23)19(25)16(20)8-13-27-2;/h3-7,14,16H,8-13,20H2,1-2H3;1H. The molecule has 0 spiro atoms. The van der Waals surface area contributed by atoms with Crippen LogP contribution in [0.25, 0.3) is 11.4 Å². The van der Waals surface area contributed by atoms with Crippen LogP contribution in [0.1, 0.15) is 25.3 Å². The Balaban J connectivity index is 0.00000280. The van der Waals surface area contributed by atoms with Crippen LogP contribution in [0.3, 0.4) is 0 Å². The number of hydrogen-bond donors (Lipinski definition) is 1. The summed E-state index contributed by atoms with van der Waals surface area (Å²) in [5, 5.41) is 4.10. The zero-order valence-electron chi connectivity index (χ0n) is 16.3. The van der Waals surface area contributed by atoms with E-state index in [1.165, 1.54) is 0 Å². The lowest BCUT2D eigenvalue weighted by Gasteiger charge is -2.37.